The van der Waals surface area contributed by atoms with E-state index in [4.69, 9.17) is 0 Å². The highest BCUT2D eigenvalue weighted by Crippen LogP contribution is 2.06. The number of aliphatic hydroxyl groups excluding tert-OH is 1. The molecule has 18 heavy (non-hydrogen) atoms. The van der Waals surface area contributed by atoms with Crippen molar-refractivity contribution in [3.05, 3.63) is 35.6 Å². The van der Waals surface area contributed by atoms with Crippen LogP contribution in [0.1, 0.15) is 12.0 Å². The molecule has 1 saturated heterocycles. The predicted molar refractivity (Wildman–Crippen MR) is 65.5 cm³/mol. The summed E-state index contributed by atoms with van der Waals surface area (Å²) in [4.78, 5) is 11.7. The predicted octanol–water partition coefficient (Wildman–Crippen LogP) is 0.207. The zero-order valence-electron chi connectivity index (χ0n) is 10.0. The van der Waals surface area contributed by atoms with Crippen LogP contribution in [0.3, 0.4) is 0 Å². The van der Waals surface area contributed by atoms with Crippen LogP contribution in [0.4, 0.5) is 4.39 Å². The number of hydrogen-bond donors (Lipinski definition) is 3. The highest BCUT2D eigenvalue weighted by atomic mass is 19.1. The van der Waals surface area contributed by atoms with Crippen molar-refractivity contribution in [1.29, 1.82) is 0 Å². The standard InChI is InChI=1S/C13H17FN2O2/c14-10-3-1-9(2-4-10)5-6-15-13(18)12-7-11(17)8-16-12/h1-4,11-12,16-17H,5-8H2,(H,15,18). The van der Waals surface area contributed by atoms with Crippen LogP contribution in [0.15, 0.2) is 24.3 Å². The fourth-order valence-electron chi connectivity index (χ4n) is 2.02. The van der Waals surface area contributed by atoms with Gasteiger partial charge in [0, 0.05) is 13.1 Å². The second kappa shape index (κ2) is 5.93. The van der Waals surface area contributed by atoms with Gasteiger partial charge < -0.3 is 15.7 Å². The highest BCUT2D eigenvalue weighted by molar-refractivity contribution is 5.82. The number of nitrogens with one attached hydrogen (secondary N) is 2. The third kappa shape index (κ3) is 3.51. The number of amides is 1. The molecule has 0 spiro atoms. The smallest absolute Gasteiger partial charge is 0.237 e. The summed E-state index contributed by atoms with van der Waals surface area (Å²) in [6, 6.07) is 5.93. The lowest BCUT2D eigenvalue weighted by Gasteiger charge is -2.10. The first-order valence-corrected chi connectivity index (χ1v) is 6.09. The molecule has 1 amide bonds. The lowest BCUT2D eigenvalue weighted by atomic mass is 10.1. The van der Waals surface area contributed by atoms with Gasteiger partial charge >= 0.3 is 0 Å². The Morgan fingerprint density at radius 3 is 2.78 bits per heavy atom. The molecule has 0 aliphatic carbocycles. The molecule has 0 saturated carbocycles. The second-order valence-corrected chi connectivity index (χ2v) is 4.52. The van der Waals surface area contributed by atoms with E-state index in [2.05, 4.69) is 10.6 Å². The molecule has 0 radical (unpaired) electrons. The van der Waals surface area contributed by atoms with Crippen LogP contribution < -0.4 is 10.6 Å². The number of aliphatic hydroxyl groups is 1. The van der Waals surface area contributed by atoms with Crippen molar-refractivity contribution >= 4 is 5.91 Å². The van der Waals surface area contributed by atoms with E-state index in [0.29, 0.717) is 25.9 Å². The monoisotopic (exact) mass is 252 g/mol. The van der Waals surface area contributed by atoms with Crippen LogP contribution in [0.5, 0.6) is 0 Å². The number of carbonyl (C=O) groups is 1. The Morgan fingerprint density at radius 1 is 1.44 bits per heavy atom. The fraction of sp³-hybridized carbons (Fsp3) is 0.462. The average molecular weight is 252 g/mol. The van der Waals surface area contributed by atoms with Crippen molar-refractivity contribution in [1.82, 2.24) is 10.6 Å². The number of carbonyl (C=O) groups excluding carboxylic acids is 1. The summed E-state index contributed by atoms with van der Waals surface area (Å²) in [5.74, 6) is -0.347. The largest absolute Gasteiger partial charge is 0.392 e. The Hall–Kier alpha value is -1.46. The van der Waals surface area contributed by atoms with Crippen LogP contribution in [-0.2, 0) is 11.2 Å². The van der Waals surface area contributed by atoms with Crippen molar-refractivity contribution in [3.63, 3.8) is 0 Å². The van der Waals surface area contributed by atoms with Crippen molar-refractivity contribution in [2.24, 2.45) is 0 Å². The number of rotatable bonds is 4. The van der Waals surface area contributed by atoms with E-state index < -0.39 is 6.10 Å². The lowest BCUT2D eigenvalue weighted by molar-refractivity contribution is -0.122. The summed E-state index contributed by atoms with van der Waals surface area (Å²) >= 11 is 0. The van der Waals surface area contributed by atoms with Crippen molar-refractivity contribution in [3.8, 4) is 0 Å². The number of hydrogen-bond acceptors (Lipinski definition) is 3. The van der Waals surface area contributed by atoms with Gasteiger partial charge in [0.15, 0.2) is 0 Å². The zero-order valence-corrected chi connectivity index (χ0v) is 10.0. The molecule has 5 heteroatoms. The van der Waals surface area contributed by atoms with Gasteiger partial charge in [-0.25, -0.2) is 4.39 Å². The molecular formula is C13H17FN2O2. The maximum Gasteiger partial charge on any atom is 0.237 e. The van der Waals surface area contributed by atoms with E-state index in [0.717, 1.165) is 5.56 Å². The first-order valence-electron chi connectivity index (χ1n) is 6.09. The van der Waals surface area contributed by atoms with Gasteiger partial charge in [-0.1, -0.05) is 12.1 Å². The maximum absolute atomic E-state index is 12.7. The van der Waals surface area contributed by atoms with Crippen LogP contribution in [0, 0.1) is 5.82 Å². The average Bonchev–Trinajstić information content (AvgIpc) is 2.78. The molecule has 1 aliphatic rings. The summed E-state index contributed by atoms with van der Waals surface area (Å²) in [7, 11) is 0. The molecular weight excluding hydrogens is 235 g/mol. The van der Waals surface area contributed by atoms with E-state index in [1.54, 1.807) is 12.1 Å². The van der Waals surface area contributed by atoms with E-state index in [1.165, 1.54) is 12.1 Å². The molecule has 3 N–H and O–H groups in total. The number of halogens is 1. The van der Waals surface area contributed by atoms with Gasteiger partial charge in [-0.05, 0) is 30.5 Å². The first kappa shape index (κ1) is 13.0. The molecule has 4 nitrogen and oxygen atoms in total. The van der Waals surface area contributed by atoms with Gasteiger partial charge in [0.05, 0.1) is 12.1 Å². The molecule has 1 aromatic carbocycles. The Bertz CT molecular complexity index is 408. The van der Waals surface area contributed by atoms with Crippen LogP contribution in [0.25, 0.3) is 0 Å². The quantitative estimate of drug-likeness (QED) is 0.718. The minimum absolute atomic E-state index is 0.0892. The summed E-state index contributed by atoms with van der Waals surface area (Å²) in [5, 5.41) is 15.1. The second-order valence-electron chi connectivity index (χ2n) is 4.52. The van der Waals surface area contributed by atoms with Crippen LogP contribution in [0.2, 0.25) is 0 Å². The topological polar surface area (TPSA) is 61.4 Å². The van der Waals surface area contributed by atoms with E-state index >= 15 is 0 Å². The van der Waals surface area contributed by atoms with E-state index in [1.807, 2.05) is 0 Å². The molecule has 2 unspecified atom stereocenters. The van der Waals surface area contributed by atoms with E-state index in [-0.39, 0.29) is 17.8 Å². The minimum Gasteiger partial charge on any atom is -0.392 e. The third-order valence-corrected chi connectivity index (χ3v) is 3.05. The summed E-state index contributed by atoms with van der Waals surface area (Å²) < 4.78 is 12.7. The van der Waals surface area contributed by atoms with E-state index in [9.17, 15) is 14.3 Å². The zero-order chi connectivity index (χ0) is 13.0. The Kier molecular flexibility index (Phi) is 4.28. The summed E-state index contributed by atoms with van der Waals surface area (Å²) in [6.45, 7) is 0.981. The van der Waals surface area contributed by atoms with Crippen LogP contribution >= 0.6 is 0 Å². The molecule has 1 aromatic rings. The lowest BCUT2D eigenvalue weighted by Crippen LogP contribution is -2.41. The first-order chi connectivity index (χ1) is 8.65. The maximum atomic E-state index is 12.7. The molecule has 2 atom stereocenters. The van der Waals surface area contributed by atoms with Gasteiger partial charge in [0.25, 0.3) is 0 Å². The minimum atomic E-state index is -0.433. The van der Waals surface area contributed by atoms with Gasteiger partial charge in [-0.2, -0.15) is 0 Å². The molecule has 0 aromatic heterocycles. The SMILES string of the molecule is O=C(NCCc1ccc(F)cc1)C1CC(O)CN1. The van der Waals surface area contributed by atoms with Gasteiger partial charge in [-0.3, -0.25) is 4.79 Å². The summed E-state index contributed by atoms with van der Waals surface area (Å²) in [6.07, 6.45) is 0.696. The number of benzene rings is 1. The van der Waals surface area contributed by atoms with Crippen molar-refractivity contribution in [2.45, 2.75) is 25.0 Å². The number of β-amino-alcohol motifs (C(OH)–C–C–N with tert-alkyl or cyclic N) is 1. The molecule has 2 rings (SSSR count). The Labute approximate surface area is 105 Å². The molecule has 1 fully saturated rings. The molecule has 1 aliphatic heterocycles. The summed E-state index contributed by atoms with van der Waals surface area (Å²) in [5.41, 5.74) is 0.983. The third-order valence-electron chi connectivity index (χ3n) is 3.05. The highest BCUT2D eigenvalue weighted by Gasteiger charge is 2.27. The molecule has 98 valence electrons. The van der Waals surface area contributed by atoms with Gasteiger partial charge in [-0.15, -0.1) is 0 Å². The van der Waals surface area contributed by atoms with Crippen LogP contribution in [-0.4, -0.2) is 36.2 Å². The van der Waals surface area contributed by atoms with Gasteiger partial charge in [0.2, 0.25) is 5.91 Å². The molecule has 0 bridgehead atoms. The van der Waals surface area contributed by atoms with Crippen molar-refractivity contribution < 1.29 is 14.3 Å². The van der Waals surface area contributed by atoms with Crippen molar-refractivity contribution in [2.75, 3.05) is 13.1 Å². The van der Waals surface area contributed by atoms with Gasteiger partial charge in [0.1, 0.15) is 5.82 Å². The molecule has 1 heterocycles. The Morgan fingerprint density at radius 2 is 2.17 bits per heavy atom. The fourth-order valence-corrected chi connectivity index (χ4v) is 2.02. The Balaban J connectivity index is 1.72. The normalized spacial score (nSPS) is 23.0.